The molecule has 1 aromatic heterocycles. The zero-order chi connectivity index (χ0) is 23.4. The summed E-state index contributed by atoms with van der Waals surface area (Å²) in [5.74, 6) is 1.04. The molecule has 3 aromatic carbocycles. The normalized spacial score (nSPS) is 10.5. The van der Waals surface area contributed by atoms with Crippen LogP contribution < -0.4 is 21.6 Å². The van der Waals surface area contributed by atoms with Crippen LogP contribution in [0.4, 0.5) is 5.69 Å². The van der Waals surface area contributed by atoms with Gasteiger partial charge in [0.05, 0.1) is 29.7 Å². The standard InChI is InChI=1S/C26H22N4O3/c1-32-26(31)18-7-5-6-17(14-18)22-15-21(27)23(25(28)29)24(30-22)16-10-12-20(13-11-16)33-19-8-3-2-4-9-19/h2-15H,1H3,(H2,27,30)(H3,28,29)/p+1. The molecule has 7 nitrogen and oxygen atoms in total. The van der Waals surface area contributed by atoms with Crippen LogP contribution in [0, 0.1) is 0 Å². The number of carbonyl (C=O) groups excluding carboxylic acids is 1. The highest BCUT2D eigenvalue weighted by Crippen LogP contribution is 2.32. The second-order valence-corrected chi connectivity index (χ2v) is 7.29. The monoisotopic (exact) mass is 439 g/mol. The average molecular weight is 439 g/mol. The minimum absolute atomic E-state index is 0.0643. The first-order valence-electron chi connectivity index (χ1n) is 10.2. The molecule has 4 rings (SSSR count). The smallest absolute Gasteiger partial charge is 0.337 e. The van der Waals surface area contributed by atoms with Crippen LogP contribution in [-0.4, -0.2) is 23.9 Å². The first kappa shape index (κ1) is 21.6. The highest BCUT2D eigenvalue weighted by Gasteiger charge is 2.19. The number of pyridine rings is 1. The van der Waals surface area contributed by atoms with Gasteiger partial charge in [0, 0.05) is 11.1 Å². The molecule has 0 radical (unpaired) electrons. The van der Waals surface area contributed by atoms with Crippen LogP contribution in [0.15, 0.2) is 84.9 Å². The molecular weight excluding hydrogens is 416 g/mol. The number of amidine groups is 1. The van der Waals surface area contributed by atoms with E-state index in [9.17, 15) is 4.79 Å². The minimum atomic E-state index is -0.435. The number of carbonyl (C=O) groups is 1. The van der Waals surface area contributed by atoms with E-state index < -0.39 is 5.97 Å². The van der Waals surface area contributed by atoms with E-state index in [0.29, 0.717) is 39.5 Å². The van der Waals surface area contributed by atoms with E-state index in [0.717, 1.165) is 11.3 Å². The lowest BCUT2D eigenvalue weighted by molar-refractivity contribution is -0.114. The number of nitrogens with zero attached hydrogens (tertiary/aromatic N) is 1. The fourth-order valence-electron chi connectivity index (χ4n) is 3.45. The lowest BCUT2D eigenvalue weighted by Gasteiger charge is -2.13. The third kappa shape index (κ3) is 4.67. The number of rotatable bonds is 6. The molecule has 0 aliphatic rings. The molecule has 0 aliphatic heterocycles. The first-order valence-corrected chi connectivity index (χ1v) is 10.2. The van der Waals surface area contributed by atoms with Crippen molar-refractivity contribution >= 4 is 17.5 Å². The third-order valence-corrected chi connectivity index (χ3v) is 5.02. The Balaban J connectivity index is 1.75. The van der Waals surface area contributed by atoms with Crippen molar-refractivity contribution in [2.75, 3.05) is 12.8 Å². The summed E-state index contributed by atoms with van der Waals surface area (Å²) in [4.78, 5) is 16.7. The molecule has 0 amide bonds. The summed E-state index contributed by atoms with van der Waals surface area (Å²) in [5, 5.41) is 5.94. The van der Waals surface area contributed by atoms with E-state index >= 15 is 0 Å². The van der Waals surface area contributed by atoms with Gasteiger partial charge in [-0.15, -0.1) is 0 Å². The highest BCUT2D eigenvalue weighted by atomic mass is 16.5. The first-order chi connectivity index (χ1) is 16.0. The Labute approximate surface area is 191 Å². The van der Waals surface area contributed by atoms with Crippen LogP contribution in [-0.2, 0) is 4.74 Å². The average Bonchev–Trinajstić information content (AvgIpc) is 2.84. The number of hydrogen-bond acceptors (Lipinski definition) is 5. The molecule has 0 unspecified atom stereocenters. The number of nitrogens with two attached hydrogens (primary N) is 3. The van der Waals surface area contributed by atoms with Crippen molar-refractivity contribution in [3.8, 4) is 34.0 Å². The molecule has 4 aromatic rings. The van der Waals surface area contributed by atoms with Crippen molar-refractivity contribution < 1.29 is 19.7 Å². The predicted molar refractivity (Wildman–Crippen MR) is 128 cm³/mol. The summed E-state index contributed by atoms with van der Waals surface area (Å²) in [6, 6.07) is 25.5. The van der Waals surface area contributed by atoms with Crippen molar-refractivity contribution in [1.29, 1.82) is 0 Å². The van der Waals surface area contributed by atoms with Gasteiger partial charge < -0.3 is 15.2 Å². The quantitative estimate of drug-likeness (QED) is 0.241. The summed E-state index contributed by atoms with van der Waals surface area (Å²) in [6.45, 7) is 0. The molecule has 7 heteroatoms. The molecule has 0 saturated heterocycles. The summed E-state index contributed by atoms with van der Waals surface area (Å²) in [6.07, 6.45) is 0. The maximum Gasteiger partial charge on any atom is 0.337 e. The van der Waals surface area contributed by atoms with Gasteiger partial charge in [-0.1, -0.05) is 30.3 Å². The second-order valence-electron chi connectivity index (χ2n) is 7.29. The molecule has 0 bridgehead atoms. The van der Waals surface area contributed by atoms with Crippen LogP contribution in [0.3, 0.4) is 0 Å². The van der Waals surface area contributed by atoms with Crippen molar-refractivity contribution in [1.82, 2.24) is 4.98 Å². The molecule has 33 heavy (non-hydrogen) atoms. The lowest BCUT2D eigenvalue weighted by Crippen LogP contribution is -2.47. The number of benzene rings is 3. The predicted octanol–water partition coefficient (Wildman–Crippen LogP) is 3.04. The Bertz CT molecular complexity index is 1320. The second kappa shape index (κ2) is 9.23. The van der Waals surface area contributed by atoms with Gasteiger partial charge in [-0.05, 0) is 54.6 Å². The summed E-state index contributed by atoms with van der Waals surface area (Å²) in [5.41, 5.74) is 16.1. The molecule has 6 N–H and O–H groups in total. The molecular formula is C26H23N4O3+. The molecule has 1 heterocycles. The van der Waals surface area contributed by atoms with Gasteiger partial charge in [-0.25, -0.2) is 9.78 Å². The Hall–Kier alpha value is -4.65. The van der Waals surface area contributed by atoms with Crippen LogP contribution in [0.2, 0.25) is 0 Å². The van der Waals surface area contributed by atoms with Gasteiger partial charge >= 0.3 is 5.97 Å². The zero-order valence-corrected chi connectivity index (χ0v) is 18.0. The molecule has 0 aliphatic carbocycles. The number of ether oxygens (including phenoxy) is 2. The molecule has 0 atom stereocenters. The maximum atomic E-state index is 11.9. The van der Waals surface area contributed by atoms with Gasteiger partial charge in [0.2, 0.25) is 0 Å². The van der Waals surface area contributed by atoms with Gasteiger partial charge in [0.1, 0.15) is 17.1 Å². The lowest BCUT2D eigenvalue weighted by atomic mass is 10.00. The van der Waals surface area contributed by atoms with Gasteiger partial charge in [-0.2, -0.15) is 0 Å². The fourth-order valence-corrected chi connectivity index (χ4v) is 3.45. The van der Waals surface area contributed by atoms with E-state index in [-0.39, 0.29) is 5.84 Å². The number of para-hydroxylation sites is 1. The van der Waals surface area contributed by atoms with E-state index in [2.05, 4.69) is 0 Å². The molecule has 164 valence electrons. The number of esters is 1. The largest absolute Gasteiger partial charge is 0.465 e. The van der Waals surface area contributed by atoms with E-state index in [4.69, 9.17) is 31.3 Å². The van der Waals surface area contributed by atoms with E-state index in [1.165, 1.54) is 7.11 Å². The summed E-state index contributed by atoms with van der Waals surface area (Å²) < 4.78 is 10.7. The molecule has 0 saturated carbocycles. The number of methoxy groups -OCH3 is 1. The van der Waals surface area contributed by atoms with Crippen LogP contribution in [0.5, 0.6) is 11.5 Å². The Morgan fingerprint density at radius 1 is 0.879 bits per heavy atom. The summed E-state index contributed by atoms with van der Waals surface area (Å²) >= 11 is 0. The van der Waals surface area contributed by atoms with Gasteiger partial charge in [-0.3, -0.25) is 11.1 Å². The van der Waals surface area contributed by atoms with Gasteiger partial charge in [0.25, 0.3) is 5.84 Å². The molecule has 0 spiro atoms. The topological polar surface area (TPSA) is 126 Å². The van der Waals surface area contributed by atoms with Crippen LogP contribution in [0.1, 0.15) is 15.9 Å². The van der Waals surface area contributed by atoms with E-state index in [1.807, 2.05) is 60.7 Å². The summed E-state index contributed by atoms with van der Waals surface area (Å²) in [7, 11) is 1.34. The maximum absolute atomic E-state index is 11.9. The number of nitrogen functional groups attached to an aromatic ring is 1. The SMILES string of the molecule is COC(=O)c1cccc(-c2cc(N)c(C(N)=[NH2+])c(-c3ccc(Oc4ccccc4)cc3)n2)c1. The van der Waals surface area contributed by atoms with Gasteiger partial charge in [0.15, 0.2) is 0 Å². The van der Waals surface area contributed by atoms with Crippen molar-refractivity contribution in [3.05, 3.63) is 96.1 Å². The van der Waals surface area contributed by atoms with Crippen molar-refractivity contribution in [2.24, 2.45) is 5.73 Å². The highest BCUT2D eigenvalue weighted by molar-refractivity contribution is 6.04. The Morgan fingerprint density at radius 2 is 1.58 bits per heavy atom. The Kier molecular flexibility index (Phi) is 6.04. The van der Waals surface area contributed by atoms with Crippen molar-refractivity contribution in [2.45, 2.75) is 0 Å². The van der Waals surface area contributed by atoms with Crippen LogP contribution >= 0.6 is 0 Å². The minimum Gasteiger partial charge on any atom is -0.465 e. The molecule has 0 fully saturated rings. The third-order valence-electron chi connectivity index (χ3n) is 5.02. The number of hydrogen-bond donors (Lipinski definition) is 3. The van der Waals surface area contributed by atoms with Crippen LogP contribution in [0.25, 0.3) is 22.5 Å². The van der Waals surface area contributed by atoms with E-state index in [1.54, 1.807) is 24.3 Å². The zero-order valence-electron chi connectivity index (χ0n) is 18.0. The number of aromatic nitrogens is 1. The van der Waals surface area contributed by atoms with Crippen molar-refractivity contribution in [3.63, 3.8) is 0 Å². The Morgan fingerprint density at radius 3 is 2.24 bits per heavy atom. The number of anilines is 1. The fraction of sp³-hybridized carbons (Fsp3) is 0.0385.